The van der Waals surface area contributed by atoms with Crippen molar-refractivity contribution in [2.24, 2.45) is 0 Å². The van der Waals surface area contributed by atoms with Crippen LogP contribution < -0.4 is 10.6 Å². The molecule has 0 fully saturated rings. The average molecular weight is 253 g/mol. The highest BCUT2D eigenvalue weighted by Gasteiger charge is 2.02. The number of rotatable bonds is 4. The molecule has 5 nitrogen and oxygen atoms in total. The van der Waals surface area contributed by atoms with E-state index in [0.717, 1.165) is 18.1 Å². The molecule has 96 valence electrons. The molecule has 0 aliphatic heterocycles. The number of aryl methyl sites for hydroxylation is 1. The van der Waals surface area contributed by atoms with E-state index in [0.29, 0.717) is 17.2 Å². The second-order valence-electron chi connectivity index (χ2n) is 4.03. The predicted octanol–water partition coefficient (Wildman–Crippen LogP) is 2.83. The molecule has 0 radical (unpaired) electrons. The van der Waals surface area contributed by atoms with Crippen LogP contribution in [0.1, 0.15) is 18.3 Å². The van der Waals surface area contributed by atoms with Crippen molar-refractivity contribution in [3.8, 4) is 6.07 Å². The number of benzene rings is 1. The molecule has 0 spiro atoms. The molecule has 0 saturated carbocycles. The van der Waals surface area contributed by atoms with Crippen LogP contribution in [-0.2, 0) is 0 Å². The number of anilines is 3. The Morgan fingerprint density at radius 2 is 2.00 bits per heavy atom. The predicted molar refractivity (Wildman–Crippen MR) is 75.4 cm³/mol. The molecule has 0 amide bonds. The highest BCUT2D eigenvalue weighted by atomic mass is 15.1. The maximum Gasteiger partial charge on any atom is 0.136 e. The molecule has 0 aliphatic rings. The zero-order chi connectivity index (χ0) is 13.7. The largest absolute Gasteiger partial charge is 0.370 e. The highest BCUT2D eigenvalue weighted by Crippen LogP contribution is 2.18. The SMILES string of the molecule is CCNc1cc(Nc2cccc(C#N)c2)nc(C)n1. The Bertz CT molecular complexity index is 615. The minimum Gasteiger partial charge on any atom is -0.370 e. The van der Waals surface area contributed by atoms with Crippen molar-refractivity contribution in [1.82, 2.24) is 9.97 Å². The first-order valence-corrected chi connectivity index (χ1v) is 6.08. The van der Waals surface area contributed by atoms with Crippen molar-refractivity contribution in [2.75, 3.05) is 17.2 Å². The quantitative estimate of drug-likeness (QED) is 0.876. The molecule has 2 N–H and O–H groups in total. The molecule has 0 unspecified atom stereocenters. The first-order chi connectivity index (χ1) is 9.21. The Morgan fingerprint density at radius 3 is 2.74 bits per heavy atom. The monoisotopic (exact) mass is 253 g/mol. The van der Waals surface area contributed by atoms with Crippen molar-refractivity contribution in [2.45, 2.75) is 13.8 Å². The third-order valence-electron chi connectivity index (χ3n) is 2.46. The minimum absolute atomic E-state index is 0.614. The standard InChI is InChI=1S/C14H15N5/c1-3-16-13-8-14(18-10(2)17-13)19-12-6-4-5-11(7-12)9-15/h4-8H,3H2,1-2H3,(H2,16,17,18,19). The Kier molecular flexibility index (Phi) is 3.94. The van der Waals surface area contributed by atoms with Gasteiger partial charge in [0.2, 0.25) is 0 Å². The van der Waals surface area contributed by atoms with Gasteiger partial charge >= 0.3 is 0 Å². The number of hydrogen-bond donors (Lipinski definition) is 2. The lowest BCUT2D eigenvalue weighted by Crippen LogP contribution is -2.04. The maximum atomic E-state index is 8.87. The van der Waals surface area contributed by atoms with E-state index in [2.05, 4.69) is 26.7 Å². The molecule has 1 aromatic carbocycles. The summed E-state index contributed by atoms with van der Waals surface area (Å²) in [4.78, 5) is 8.61. The Hall–Kier alpha value is -2.61. The van der Waals surface area contributed by atoms with E-state index in [-0.39, 0.29) is 0 Å². The number of nitrogens with one attached hydrogen (secondary N) is 2. The van der Waals surface area contributed by atoms with E-state index in [1.807, 2.05) is 32.0 Å². The molecule has 0 bridgehead atoms. The number of hydrogen-bond acceptors (Lipinski definition) is 5. The summed E-state index contributed by atoms with van der Waals surface area (Å²) < 4.78 is 0. The molecule has 2 rings (SSSR count). The van der Waals surface area contributed by atoms with Crippen LogP contribution in [0.25, 0.3) is 0 Å². The van der Waals surface area contributed by atoms with Crippen LogP contribution in [0.15, 0.2) is 30.3 Å². The topological polar surface area (TPSA) is 73.6 Å². The van der Waals surface area contributed by atoms with Gasteiger partial charge in [-0.05, 0) is 32.0 Å². The van der Waals surface area contributed by atoms with Crippen LogP contribution in [0.3, 0.4) is 0 Å². The van der Waals surface area contributed by atoms with Gasteiger partial charge in [-0.3, -0.25) is 0 Å². The third-order valence-corrected chi connectivity index (χ3v) is 2.46. The van der Waals surface area contributed by atoms with Crippen molar-refractivity contribution in [3.63, 3.8) is 0 Å². The molecular formula is C14H15N5. The summed E-state index contributed by atoms with van der Waals surface area (Å²) >= 11 is 0. The molecule has 1 aromatic heterocycles. The zero-order valence-corrected chi connectivity index (χ0v) is 10.9. The first kappa shape index (κ1) is 12.8. The molecule has 0 atom stereocenters. The normalized spacial score (nSPS) is 9.74. The summed E-state index contributed by atoms with van der Waals surface area (Å²) in [6.45, 7) is 4.67. The van der Waals surface area contributed by atoms with E-state index in [4.69, 9.17) is 5.26 Å². The van der Waals surface area contributed by atoms with Crippen molar-refractivity contribution < 1.29 is 0 Å². The molecule has 2 aromatic rings. The summed E-state index contributed by atoms with van der Waals surface area (Å²) in [5, 5.41) is 15.2. The van der Waals surface area contributed by atoms with Crippen LogP contribution in [0.4, 0.5) is 17.3 Å². The fourth-order valence-corrected chi connectivity index (χ4v) is 1.72. The van der Waals surface area contributed by atoms with Gasteiger partial charge in [-0.2, -0.15) is 5.26 Å². The van der Waals surface area contributed by atoms with E-state index >= 15 is 0 Å². The van der Waals surface area contributed by atoms with Gasteiger partial charge in [-0.15, -0.1) is 0 Å². The third kappa shape index (κ3) is 3.42. The highest BCUT2D eigenvalue weighted by molar-refractivity contribution is 5.60. The lowest BCUT2D eigenvalue weighted by molar-refractivity contribution is 1.04. The summed E-state index contributed by atoms with van der Waals surface area (Å²) in [5.41, 5.74) is 1.45. The van der Waals surface area contributed by atoms with Crippen molar-refractivity contribution >= 4 is 17.3 Å². The molecule has 0 aliphatic carbocycles. The Balaban J connectivity index is 2.25. The van der Waals surface area contributed by atoms with E-state index in [1.54, 1.807) is 12.1 Å². The van der Waals surface area contributed by atoms with E-state index in [1.165, 1.54) is 0 Å². The van der Waals surface area contributed by atoms with Crippen LogP contribution in [-0.4, -0.2) is 16.5 Å². The maximum absolute atomic E-state index is 8.87. The van der Waals surface area contributed by atoms with Gasteiger partial charge in [-0.25, -0.2) is 9.97 Å². The van der Waals surface area contributed by atoms with Crippen molar-refractivity contribution in [3.05, 3.63) is 41.7 Å². The van der Waals surface area contributed by atoms with Gasteiger partial charge in [0.05, 0.1) is 11.6 Å². The lowest BCUT2D eigenvalue weighted by Gasteiger charge is -2.09. The number of nitrogens with zero attached hydrogens (tertiary/aromatic N) is 3. The van der Waals surface area contributed by atoms with Gasteiger partial charge < -0.3 is 10.6 Å². The number of nitriles is 1. The summed E-state index contributed by atoms with van der Waals surface area (Å²) in [5.74, 6) is 2.19. The fraction of sp³-hybridized carbons (Fsp3) is 0.214. The average Bonchev–Trinajstić information content (AvgIpc) is 2.38. The molecule has 19 heavy (non-hydrogen) atoms. The smallest absolute Gasteiger partial charge is 0.136 e. The van der Waals surface area contributed by atoms with Gasteiger partial charge in [0, 0.05) is 18.3 Å². The Morgan fingerprint density at radius 1 is 1.21 bits per heavy atom. The lowest BCUT2D eigenvalue weighted by atomic mass is 10.2. The first-order valence-electron chi connectivity index (χ1n) is 6.08. The van der Waals surface area contributed by atoms with Crippen LogP contribution in [0.2, 0.25) is 0 Å². The fourth-order valence-electron chi connectivity index (χ4n) is 1.72. The molecule has 1 heterocycles. The zero-order valence-electron chi connectivity index (χ0n) is 10.9. The van der Waals surface area contributed by atoms with Gasteiger partial charge in [-0.1, -0.05) is 6.07 Å². The van der Waals surface area contributed by atoms with Crippen molar-refractivity contribution in [1.29, 1.82) is 5.26 Å². The molecule has 0 saturated heterocycles. The van der Waals surface area contributed by atoms with Gasteiger partial charge in [0.15, 0.2) is 0 Å². The van der Waals surface area contributed by atoms with E-state index in [9.17, 15) is 0 Å². The number of aromatic nitrogens is 2. The summed E-state index contributed by atoms with van der Waals surface area (Å²) in [6, 6.07) is 11.2. The van der Waals surface area contributed by atoms with Crippen LogP contribution >= 0.6 is 0 Å². The van der Waals surface area contributed by atoms with Crippen LogP contribution in [0.5, 0.6) is 0 Å². The van der Waals surface area contributed by atoms with Gasteiger partial charge in [0.1, 0.15) is 17.5 Å². The summed E-state index contributed by atoms with van der Waals surface area (Å²) in [7, 11) is 0. The second-order valence-corrected chi connectivity index (χ2v) is 4.03. The van der Waals surface area contributed by atoms with Crippen LogP contribution in [0, 0.1) is 18.3 Å². The molecular weight excluding hydrogens is 238 g/mol. The van der Waals surface area contributed by atoms with Gasteiger partial charge in [0.25, 0.3) is 0 Å². The molecule has 5 heteroatoms. The Labute approximate surface area is 112 Å². The minimum atomic E-state index is 0.614. The second kappa shape index (κ2) is 5.83. The summed E-state index contributed by atoms with van der Waals surface area (Å²) in [6.07, 6.45) is 0. The van der Waals surface area contributed by atoms with E-state index < -0.39 is 0 Å².